The molecule has 1 aliphatic rings. The van der Waals surface area contributed by atoms with Gasteiger partial charge in [-0.25, -0.2) is 4.98 Å². The van der Waals surface area contributed by atoms with Gasteiger partial charge in [-0.1, -0.05) is 6.92 Å². The first-order valence-corrected chi connectivity index (χ1v) is 4.30. The van der Waals surface area contributed by atoms with Crippen LogP contribution < -0.4 is 0 Å². The lowest BCUT2D eigenvalue weighted by atomic mass is 9.97. The van der Waals surface area contributed by atoms with Crippen LogP contribution in [0.2, 0.25) is 0 Å². The molecule has 1 aromatic heterocycles. The summed E-state index contributed by atoms with van der Waals surface area (Å²) in [4.78, 5) is 14.6. The zero-order valence-electron chi connectivity index (χ0n) is 7.16. The van der Waals surface area contributed by atoms with Gasteiger partial charge in [0.25, 0.3) is 0 Å². The second-order valence-electron chi connectivity index (χ2n) is 3.49. The largest absolute Gasteiger partial charge is 0.334 e. The topological polar surface area (TPSA) is 34.9 Å². The maximum absolute atomic E-state index is 10.6. The van der Waals surface area contributed by atoms with Crippen molar-refractivity contribution in [2.75, 3.05) is 0 Å². The van der Waals surface area contributed by atoms with Crippen LogP contribution in [0.4, 0.5) is 0 Å². The maximum atomic E-state index is 10.6. The molecule has 0 spiro atoms. The van der Waals surface area contributed by atoms with E-state index in [1.165, 1.54) is 6.42 Å². The van der Waals surface area contributed by atoms with Gasteiger partial charge < -0.3 is 4.57 Å². The van der Waals surface area contributed by atoms with E-state index in [1.807, 2.05) is 0 Å². The van der Waals surface area contributed by atoms with Crippen LogP contribution in [0.1, 0.15) is 29.5 Å². The molecule has 0 aliphatic carbocycles. The van der Waals surface area contributed by atoms with Crippen molar-refractivity contribution in [2.24, 2.45) is 5.92 Å². The van der Waals surface area contributed by atoms with Crippen LogP contribution in [0, 0.1) is 5.92 Å². The average molecular weight is 164 g/mol. The minimum Gasteiger partial charge on any atom is -0.334 e. The quantitative estimate of drug-likeness (QED) is 0.586. The highest BCUT2D eigenvalue weighted by Gasteiger charge is 2.18. The Morgan fingerprint density at radius 1 is 1.75 bits per heavy atom. The summed E-state index contributed by atoms with van der Waals surface area (Å²) in [6.45, 7) is 3.22. The number of nitrogens with zero attached hydrogens (tertiary/aromatic N) is 2. The Kier molecular flexibility index (Phi) is 1.71. The zero-order valence-corrected chi connectivity index (χ0v) is 7.16. The predicted molar refractivity (Wildman–Crippen MR) is 45.1 cm³/mol. The highest BCUT2D eigenvalue weighted by Crippen LogP contribution is 2.21. The van der Waals surface area contributed by atoms with E-state index in [1.54, 1.807) is 6.33 Å². The molecule has 1 unspecified atom stereocenters. The predicted octanol–water partition coefficient (Wildman–Crippen LogP) is 1.28. The molecule has 0 bridgehead atoms. The number of hydrogen-bond acceptors (Lipinski definition) is 2. The maximum Gasteiger partial charge on any atom is 0.170 e. The summed E-state index contributed by atoms with van der Waals surface area (Å²) < 4.78 is 2.09. The smallest absolute Gasteiger partial charge is 0.170 e. The van der Waals surface area contributed by atoms with Crippen LogP contribution in [0.3, 0.4) is 0 Å². The second kappa shape index (κ2) is 2.73. The van der Waals surface area contributed by atoms with Gasteiger partial charge in [-0.15, -0.1) is 0 Å². The van der Waals surface area contributed by atoms with Gasteiger partial charge in [0.15, 0.2) is 6.29 Å². The molecule has 2 heterocycles. The van der Waals surface area contributed by atoms with Crippen molar-refractivity contribution in [3.05, 3.63) is 17.7 Å². The van der Waals surface area contributed by atoms with Crippen LogP contribution >= 0.6 is 0 Å². The summed E-state index contributed by atoms with van der Waals surface area (Å²) in [7, 11) is 0. The van der Waals surface area contributed by atoms with E-state index in [9.17, 15) is 4.79 Å². The van der Waals surface area contributed by atoms with E-state index in [2.05, 4.69) is 16.5 Å². The van der Waals surface area contributed by atoms with Gasteiger partial charge in [-0.3, -0.25) is 4.79 Å². The number of carbonyl (C=O) groups is 1. The third kappa shape index (κ3) is 1.05. The number of aryl methyl sites for hydroxylation is 1. The van der Waals surface area contributed by atoms with Gasteiger partial charge >= 0.3 is 0 Å². The summed E-state index contributed by atoms with van der Waals surface area (Å²) in [6, 6.07) is 0. The molecule has 0 aromatic carbocycles. The zero-order chi connectivity index (χ0) is 8.55. The standard InChI is InChI=1S/C9H12N2O/c1-7-2-3-11-6-10-8(5-12)9(11)4-7/h5-7H,2-4H2,1H3. The van der Waals surface area contributed by atoms with Crippen LogP contribution in [-0.4, -0.2) is 15.8 Å². The second-order valence-corrected chi connectivity index (χ2v) is 3.49. The van der Waals surface area contributed by atoms with Gasteiger partial charge in [-0.2, -0.15) is 0 Å². The van der Waals surface area contributed by atoms with Crippen molar-refractivity contribution in [2.45, 2.75) is 26.3 Å². The first-order valence-electron chi connectivity index (χ1n) is 4.30. The number of aldehydes is 1. The summed E-state index contributed by atoms with van der Waals surface area (Å²) in [6.07, 6.45) is 4.81. The number of hydrogen-bond donors (Lipinski definition) is 0. The fourth-order valence-corrected chi connectivity index (χ4v) is 1.73. The van der Waals surface area contributed by atoms with Crippen LogP contribution in [0.25, 0.3) is 0 Å². The molecular weight excluding hydrogens is 152 g/mol. The fraction of sp³-hybridized carbons (Fsp3) is 0.556. The number of rotatable bonds is 1. The Morgan fingerprint density at radius 2 is 2.58 bits per heavy atom. The Hall–Kier alpha value is -1.12. The first kappa shape index (κ1) is 7.53. The van der Waals surface area contributed by atoms with Crippen LogP contribution in [-0.2, 0) is 13.0 Å². The summed E-state index contributed by atoms with van der Waals surface area (Å²) in [5.74, 6) is 0.688. The number of carbonyl (C=O) groups excluding carboxylic acids is 1. The molecule has 0 saturated carbocycles. The summed E-state index contributed by atoms with van der Waals surface area (Å²) >= 11 is 0. The molecule has 0 fully saturated rings. The minimum absolute atomic E-state index is 0.626. The Labute approximate surface area is 71.4 Å². The highest BCUT2D eigenvalue weighted by atomic mass is 16.1. The van der Waals surface area contributed by atoms with E-state index < -0.39 is 0 Å². The van der Waals surface area contributed by atoms with Crippen molar-refractivity contribution in [1.29, 1.82) is 0 Å². The monoisotopic (exact) mass is 164 g/mol. The number of imidazole rings is 1. The van der Waals surface area contributed by atoms with Gasteiger partial charge in [-0.05, 0) is 18.8 Å². The van der Waals surface area contributed by atoms with Gasteiger partial charge in [0, 0.05) is 12.2 Å². The minimum atomic E-state index is 0.626. The van der Waals surface area contributed by atoms with Crippen LogP contribution in [0.15, 0.2) is 6.33 Å². The Bertz CT molecular complexity index is 303. The third-order valence-corrected chi connectivity index (χ3v) is 2.49. The van der Waals surface area contributed by atoms with Crippen molar-refractivity contribution >= 4 is 6.29 Å². The molecule has 12 heavy (non-hydrogen) atoms. The van der Waals surface area contributed by atoms with Crippen molar-refractivity contribution in [3.8, 4) is 0 Å². The lowest BCUT2D eigenvalue weighted by Gasteiger charge is -2.20. The van der Waals surface area contributed by atoms with E-state index in [0.717, 1.165) is 24.9 Å². The van der Waals surface area contributed by atoms with E-state index in [-0.39, 0.29) is 0 Å². The molecule has 0 radical (unpaired) electrons. The number of fused-ring (bicyclic) bond motifs is 1. The summed E-state index contributed by atoms with van der Waals surface area (Å²) in [5.41, 5.74) is 1.74. The highest BCUT2D eigenvalue weighted by molar-refractivity contribution is 5.73. The lowest BCUT2D eigenvalue weighted by molar-refractivity contribution is 0.111. The molecule has 2 rings (SSSR count). The Morgan fingerprint density at radius 3 is 3.33 bits per heavy atom. The lowest BCUT2D eigenvalue weighted by Crippen LogP contribution is -2.16. The molecule has 3 heteroatoms. The Balaban J connectivity index is 2.40. The van der Waals surface area contributed by atoms with Crippen LogP contribution in [0.5, 0.6) is 0 Å². The average Bonchev–Trinajstić information content (AvgIpc) is 2.46. The molecule has 1 atom stereocenters. The van der Waals surface area contributed by atoms with E-state index in [4.69, 9.17) is 0 Å². The van der Waals surface area contributed by atoms with Crippen molar-refractivity contribution in [3.63, 3.8) is 0 Å². The number of aromatic nitrogens is 2. The molecule has 1 aliphatic heterocycles. The van der Waals surface area contributed by atoms with Gasteiger partial charge in [0.05, 0.1) is 6.33 Å². The van der Waals surface area contributed by atoms with Crippen molar-refractivity contribution < 1.29 is 4.79 Å². The van der Waals surface area contributed by atoms with E-state index in [0.29, 0.717) is 11.6 Å². The van der Waals surface area contributed by atoms with Crippen molar-refractivity contribution in [1.82, 2.24) is 9.55 Å². The SMILES string of the molecule is CC1CCn2cnc(C=O)c2C1. The first-order chi connectivity index (χ1) is 5.81. The van der Waals surface area contributed by atoms with Gasteiger partial charge in [0.1, 0.15) is 5.69 Å². The third-order valence-electron chi connectivity index (χ3n) is 2.49. The molecule has 1 aromatic rings. The molecule has 0 saturated heterocycles. The van der Waals surface area contributed by atoms with E-state index >= 15 is 0 Å². The normalized spacial score (nSPS) is 21.9. The molecule has 64 valence electrons. The molecular formula is C9H12N2O. The summed E-state index contributed by atoms with van der Waals surface area (Å²) in [5, 5.41) is 0. The van der Waals surface area contributed by atoms with Gasteiger partial charge in [0.2, 0.25) is 0 Å². The fourth-order valence-electron chi connectivity index (χ4n) is 1.73. The molecule has 3 nitrogen and oxygen atoms in total. The molecule has 0 N–H and O–H groups in total. The molecule has 0 amide bonds.